The van der Waals surface area contributed by atoms with Gasteiger partial charge in [-0.3, -0.25) is 4.79 Å². The van der Waals surface area contributed by atoms with Gasteiger partial charge >= 0.3 is 0 Å². The molecule has 0 unspecified atom stereocenters. The van der Waals surface area contributed by atoms with Crippen LogP contribution in [0.3, 0.4) is 0 Å². The Morgan fingerprint density at radius 1 is 1.12 bits per heavy atom. The van der Waals surface area contributed by atoms with Crippen LogP contribution in [0.25, 0.3) is 5.69 Å². The van der Waals surface area contributed by atoms with E-state index in [9.17, 15) is 4.79 Å². The molecule has 3 nitrogen and oxygen atoms in total. The van der Waals surface area contributed by atoms with Crippen molar-refractivity contribution < 1.29 is 4.79 Å². The maximum Gasteiger partial charge on any atom is 0.256 e. The Kier molecular flexibility index (Phi) is 2.08. The van der Waals surface area contributed by atoms with Crippen molar-refractivity contribution in [2.75, 3.05) is 7.05 Å². The number of aryl methyl sites for hydroxylation is 1. The van der Waals surface area contributed by atoms with Gasteiger partial charge in [0.05, 0.1) is 17.8 Å². The fraction of sp³-hybridized carbons (Fsp3) is 0.214. The molecule has 1 aliphatic heterocycles. The summed E-state index contributed by atoms with van der Waals surface area (Å²) in [5.41, 5.74) is 4.08. The fourth-order valence-corrected chi connectivity index (χ4v) is 2.43. The van der Waals surface area contributed by atoms with E-state index in [1.165, 1.54) is 0 Å². The molecule has 0 spiro atoms. The van der Waals surface area contributed by atoms with Gasteiger partial charge in [-0.15, -0.1) is 0 Å². The summed E-state index contributed by atoms with van der Waals surface area (Å²) in [7, 11) is 1.84. The predicted octanol–water partition coefficient (Wildman–Crippen LogP) is 2.37. The van der Waals surface area contributed by atoms with Gasteiger partial charge in [-0.05, 0) is 31.2 Å². The topological polar surface area (TPSA) is 25.2 Å². The molecule has 86 valence electrons. The maximum atomic E-state index is 12.2. The number of hydrogen-bond donors (Lipinski definition) is 0. The second-order valence-corrected chi connectivity index (χ2v) is 4.48. The molecular formula is C14H14N2O. The van der Waals surface area contributed by atoms with E-state index in [1.54, 1.807) is 4.90 Å². The molecule has 1 aromatic carbocycles. The van der Waals surface area contributed by atoms with Gasteiger partial charge in [0, 0.05) is 18.4 Å². The van der Waals surface area contributed by atoms with Crippen LogP contribution in [0.1, 0.15) is 21.7 Å². The van der Waals surface area contributed by atoms with Crippen molar-refractivity contribution in [1.29, 1.82) is 0 Å². The molecule has 3 heteroatoms. The predicted molar refractivity (Wildman–Crippen MR) is 66.3 cm³/mol. The van der Waals surface area contributed by atoms with Crippen molar-refractivity contribution in [2.24, 2.45) is 0 Å². The smallest absolute Gasteiger partial charge is 0.256 e. The summed E-state index contributed by atoms with van der Waals surface area (Å²) in [4.78, 5) is 14.0. The third-order valence-corrected chi connectivity index (χ3v) is 3.28. The number of aromatic nitrogens is 1. The molecule has 1 aromatic heterocycles. The highest BCUT2D eigenvalue weighted by atomic mass is 16.2. The monoisotopic (exact) mass is 226 g/mol. The quantitative estimate of drug-likeness (QED) is 0.677. The van der Waals surface area contributed by atoms with E-state index in [-0.39, 0.29) is 5.91 Å². The van der Waals surface area contributed by atoms with Gasteiger partial charge in [0.2, 0.25) is 0 Å². The van der Waals surface area contributed by atoms with Crippen LogP contribution in [-0.2, 0) is 6.54 Å². The van der Waals surface area contributed by atoms with E-state index in [4.69, 9.17) is 0 Å². The van der Waals surface area contributed by atoms with Crippen LogP contribution in [0.4, 0.5) is 0 Å². The number of hydrogen-bond acceptors (Lipinski definition) is 1. The lowest BCUT2D eigenvalue weighted by molar-refractivity contribution is 0.0788. The first-order valence-electron chi connectivity index (χ1n) is 5.70. The Morgan fingerprint density at radius 3 is 2.71 bits per heavy atom. The average molecular weight is 226 g/mol. The molecule has 0 bridgehead atoms. The minimum atomic E-state index is 0.0868. The van der Waals surface area contributed by atoms with Gasteiger partial charge < -0.3 is 9.47 Å². The first-order valence-corrected chi connectivity index (χ1v) is 5.70. The number of amides is 1. The summed E-state index contributed by atoms with van der Waals surface area (Å²) in [6, 6.07) is 12.0. The summed E-state index contributed by atoms with van der Waals surface area (Å²) >= 11 is 0. The lowest BCUT2D eigenvalue weighted by atomic mass is 10.1. The number of fused-ring (bicyclic) bond motifs is 3. The van der Waals surface area contributed by atoms with Crippen LogP contribution < -0.4 is 0 Å². The number of benzene rings is 1. The lowest BCUT2D eigenvalue weighted by Crippen LogP contribution is -2.24. The number of para-hydroxylation sites is 1. The van der Waals surface area contributed by atoms with Crippen molar-refractivity contribution in [3.8, 4) is 5.69 Å². The van der Waals surface area contributed by atoms with Crippen molar-refractivity contribution in [1.82, 2.24) is 9.47 Å². The summed E-state index contributed by atoms with van der Waals surface area (Å²) < 4.78 is 2.16. The van der Waals surface area contributed by atoms with Gasteiger partial charge in [-0.25, -0.2) is 0 Å². The van der Waals surface area contributed by atoms with Gasteiger partial charge in [0.15, 0.2) is 0 Å². The van der Waals surface area contributed by atoms with Crippen LogP contribution in [-0.4, -0.2) is 22.4 Å². The molecule has 0 aliphatic carbocycles. The van der Waals surface area contributed by atoms with Crippen LogP contribution >= 0.6 is 0 Å². The highest BCUT2D eigenvalue weighted by Crippen LogP contribution is 2.25. The summed E-state index contributed by atoms with van der Waals surface area (Å²) in [6.45, 7) is 2.72. The van der Waals surface area contributed by atoms with E-state index in [1.807, 2.05) is 31.3 Å². The molecule has 0 atom stereocenters. The third kappa shape index (κ3) is 1.39. The molecule has 0 radical (unpaired) electrons. The molecule has 1 aliphatic rings. The van der Waals surface area contributed by atoms with Crippen molar-refractivity contribution in [3.63, 3.8) is 0 Å². The molecule has 0 N–H and O–H groups in total. The van der Waals surface area contributed by atoms with Gasteiger partial charge in [0.1, 0.15) is 0 Å². The Bertz CT molecular complexity index is 598. The number of carbonyl (C=O) groups excluding carboxylic acids is 1. The SMILES string of the molecule is Cc1ccc2n1-c1ccccc1C(=O)N(C)C2. The summed E-state index contributed by atoms with van der Waals surface area (Å²) in [5.74, 6) is 0.0868. The largest absolute Gasteiger partial charge is 0.336 e. The highest BCUT2D eigenvalue weighted by Gasteiger charge is 2.23. The van der Waals surface area contributed by atoms with E-state index in [0.29, 0.717) is 6.54 Å². The normalized spacial score (nSPS) is 14.2. The second kappa shape index (κ2) is 3.48. The zero-order valence-corrected chi connectivity index (χ0v) is 9.97. The average Bonchev–Trinajstić information content (AvgIpc) is 2.64. The van der Waals surface area contributed by atoms with Crippen LogP contribution in [0, 0.1) is 6.92 Å². The third-order valence-electron chi connectivity index (χ3n) is 3.28. The van der Waals surface area contributed by atoms with E-state index in [2.05, 4.69) is 23.6 Å². The van der Waals surface area contributed by atoms with Crippen LogP contribution in [0.15, 0.2) is 36.4 Å². The Balaban J connectivity index is 2.35. The zero-order valence-electron chi connectivity index (χ0n) is 9.97. The number of rotatable bonds is 0. The molecule has 3 rings (SSSR count). The van der Waals surface area contributed by atoms with Crippen molar-refractivity contribution in [2.45, 2.75) is 13.5 Å². The second-order valence-electron chi connectivity index (χ2n) is 4.48. The first-order chi connectivity index (χ1) is 8.18. The standard InChI is InChI=1S/C14H14N2O/c1-10-7-8-11-9-15(2)14(17)12-5-3-4-6-13(12)16(10)11/h3-8H,9H2,1-2H3. The van der Waals surface area contributed by atoms with Gasteiger partial charge in [0.25, 0.3) is 5.91 Å². The fourth-order valence-electron chi connectivity index (χ4n) is 2.43. The Hall–Kier alpha value is -2.03. The van der Waals surface area contributed by atoms with Crippen molar-refractivity contribution in [3.05, 3.63) is 53.3 Å². The molecular weight excluding hydrogens is 212 g/mol. The Morgan fingerprint density at radius 2 is 1.88 bits per heavy atom. The molecule has 17 heavy (non-hydrogen) atoms. The summed E-state index contributed by atoms with van der Waals surface area (Å²) in [5, 5.41) is 0. The minimum absolute atomic E-state index is 0.0868. The molecule has 1 amide bonds. The molecule has 0 saturated heterocycles. The summed E-state index contributed by atoms with van der Waals surface area (Å²) in [6.07, 6.45) is 0. The Labute approximate surface area is 100 Å². The lowest BCUT2D eigenvalue weighted by Gasteiger charge is -2.13. The van der Waals surface area contributed by atoms with Crippen molar-refractivity contribution >= 4 is 5.91 Å². The van der Waals surface area contributed by atoms with Gasteiger partial charge in [-0.2, -0.15) is 0 Å². The molecule has 2 heterocycles. The molecule has 0 fully saturated rings. The van der Waals surface area contributed by atoms with E-state index >= 15 is 0 Å². The van der Waals surface area contributed by atoms with E-state index in [0.717, 1.165) is 22.6 Å². The van der Waals surface area contributed by atoms with Crippen LogP contribution in [0.5, 0.6) is 0 Å². The van der Waals surface area contributed by atoms with Crippen LogP contribution in [0.2, 0.25) is 0 Å². The molecule has 2 aromatic rings. The van der Waals surface area contributed by atoms with E-state index < -0.39 is 0 Å². The molecule has 0 saturated carbocycles. The number of nitrogens with zero attached hydrogens (tertiary/aromatic N) is 2. The maximum absolute atomic E-state index is 12.2. The zero-order chi connectivity index (χ0) is 12.0. The number of carbonyl (C=O) groups is 1. The first kappa shape index (κ1) is 10.1. The highest BCUT2D eigenvalue weighted by molar-refractivity contribution is 5.98. The van der Waals surface area contributed by atoms with Gasteiger partial charge in [-0.1, -0.05) is 12.1 Å². The minimum Gasteiger partial charge on any atom is -0.336 e.